The van der Waals surface area contributed by atoms with Gasteiger partial charge in [-0.2, -0.15) is 9.78 Å². The molecule has 7 heteroatoms. The van der Waals surface area contributed by atoms with E-state index in [1.54, 1.807) is 6.20 Å². The molecule has 7 nitrogen and oxygen atoms in total. The van der Waals surface area contributed by atoms with Gasteiger partial charge >= 0.3 is 6.03 Å². The summed E-state index contributed by atoms with van der Waals surface area (Å²) in [5, 5.41) is 4.20. The minimum atomic E-state index is 0.0108. The lowest BCUT2D eigenvalue weighted by Crippen LogP contribution is -2.36. The Bertz CT molecular complexity index is 907. The van der Waals surface area contributed by atoms with E-state index in [1.165, 1.54) is 15.9 Å². The predicted octanol–water partition coefficient (Wildman–Crippen LogP) is 2.59. The first-order valence-electron chi connectivity index (χ1n) is 11.0. The Kier molecular flexibility index (Phi) is 5.25. The maximum Gasteiger partial charge on any atom is 0.344 e. The van der Waals surface area contributed by atoms with E-state index in [1.807, 2.05) is 18.0 Å². The molecule has 1 aromatic carbocycles. The minimum absolute atomic E-state index is 0.0108. The number of carbonyl (C=O) groups is 1. The van der Waals surface area contributed by atoms with Crippen molar-refractivity contribution in [3.63, 3.8) is 0 Å². The summed E-state index contributed by atoms with van der Waals surface area (Å²) in [5.74, 6) is 0. The number of hydrogen-bond acceptors (Lipinski definition) is 5. The lowest BCUT2D eigenvalue weighted by molar-refractivity contribution is 0.122. The summed E-state index contributed by atoms with van der Waals surface area (Å²) in [5.41, 5.74) is 3.93. The van der Waals surface area contributed by atoms with Gasteiger partial charge in [-0.05, 0) is 49.6 Å². The zero-order valence-corrected chi connectivity index (χ0v) is 17.8. The number of nitrogens with zero attached hydrogens (tertiary/aromatic N) is 5. The molecule has 0 bridgehead atoms. The van der Waals surface area contributed by atoms with Gasteiger partial charge in [0.2, 0.25) is 0 Å². The van der Waals surface area contributed by atoms with E-state index < -0.39 is 0 Å². The number of anilines is 1. The largest absolute Gasteiger partial charge is 0.378 e. The van der Waals surface area contributed by atoms with Crippen molar-refractivity contribution >= 4 is 11.7 Å². The van der Waals surface area contributed by atoms with E-state index >= 15 is 0 Å². The minimum Gasteiger partial charge on any atom is -0.378 e. The molecule has 3 aliphatic heterocycles. The normalized spacial score (nSPS) is 24.8. The van der Waals surface area contributed by atoms with Gasteiger partial charge in [0.1, 0.15) is 0 Å². The Morgan fingerprint density at radius 2 is 1.97 bits per heavy atom. The van der Waals surface area contributed by atoms with Crippen molar-refractivity contribution in [1.82, 2.24) is 19.6 Å². The highest BCUT2D eigenvalue weighted by atomic mass is 16.5. The van der Waals surface area contributed by atoms with E-state index in [4.69, 9.17) is 4.74 Å². The molecule has 1 atom stereocenters. The smallest absolute Gasteiger partial charge is 0.344 e. The molecule has 1 unspecified atom stereocenters. The van der Waals surface area contributed by atoms with Crippen LogP contribution in [-0.4, -0.2) is 78.1 Å². The summed E-state index contributed by atoms with van der Waals surface area (Å²) in [4.78, 5) is 19.7. The van der Waals surface area contributed by atoms with Crippen molar-refractivity contribution in [3.8, 4) is 0 Å². The highest BCUT2D eigenvalue weighted by Crippen LogP contribution is 2.40. The van der Waals surface area contributed by atoms with Crippen LogP contribution in [0.3, 0.4) is 0 Å². The van der Waals surface area contributed by atoms with Gasteiger partial charge in [-0.25, -0.2) is 4.79 Å². The van der Waals surface area contributed by atoms with Crippen molar-refractivity contribution in [2.75, 3.05) is 57.4 Å². The Morgan fingerprint density at radius 3 is 2.77 bits per heavy atom. The number of carbonyl (C=O) groups excluding carboxylic acids is 1. The fourth-order valence-electron chi connectivity index (χ4n) is 5.19. The second-order valence-corrected chi connectivity index (χ2v) is 9.15. The molecule has 160 valence electrons. The second kappa shape index (κ2) is 8.04. The highest BCUT2D eigenvalue weighted by molar-refractivity contribution is 5.76. The number of morpholine rings is 1. The van der Waals surface area contributed by atoms with Crippen LogP contribution in [0.25, 0.3) is 0 Å². The summed E-state index contributed by atoms with van der Waals surface area (Å²) in [6, 6.07) is 8.96. The van der Waals surface area contributed by atoms with Gasteiger partial charge in [-0.1, -0.05) is 12.1 Å². The molecule has 0 radical (unpaired) electrons. The van der Waals surface area contributed by atoms with E-state index in [9.17, 15) is 4.79 Å². The fourth-order valence-corrected chi connectivity index (χ4v) is 5.19. The first kappa shape index (κ1) is 19.6. The van der Waals surface area contributed by atoms with Crippen molar-refractivity contribution < 1.29 is 9.53 Å². The molecule has 1 amide bonds. The van der Waals surface area contributed by atoms with E-state index in [0.29, 0.717) is 0 Å². The van der Waals surface area contributed by atoms with Crippen LogP contribution in [-0.2, 0) is 11.3 Å². The molecule has 3 fully saturated rings. The molecule has 30 heavy (non-hydrogen) atoms. The van der Waals surface area contributed by atoms with Gasteiger partial charge in [0.25, 0.3) is 0 Å². The van der Waals surface area contributed by atoms with Gasteiger partial charge < -0.3 is 14.5 Å². The summed E-state index contributed by atoms with van der Waals surface area (Å²) in [6.45, 7) is 10.3. The number of aromatic nitrogens is 2. The second-order valence-electron chi connectivity index (χ2n) is 9.15. The van der Waals surface area contributed by atoms with Gasteiger partial charge in [-0.3, -0.25) is 4.90 Å². The maximum absolute atomic E-state index is 12.8. The molecule has 0 saturated carbocycles. The van der Waals surface area contributed by atoms with Crippen molar-refractivity contribution in [1.29, 1.82) is 0 Å². The molecular weight excluding hydrogens is 378 g/mol. The third-order valence-electron chi connectivity index (χ3n) is 6.83. The van der Waals surface area contributed by atoms with Crippen LogP contribution < -0.4 is 4.90 Å². The molecule has 1 aromatic heterocycles. The average Bonchev–Trinajstić information content (AvgIpc) is 3.50. The number of ether oxygens (including phenoxy) is 1. The first-order chi connectivity index (χ1) is 14.6. The molecule has 0 aliphatic carbocycles. The predicted molar refractivity (Wildman–Crippen MR) is 116 cm³/mol. The number of likely N-dealkylation sites (tertiary alicyclic amines) is 2. The molecular formula is C23H31N5O2. The number of rotatable bonds is 3. The maximum atomic E-state index is 12.8. The highest BCUT2D eigenvalue weighted by Gasteiger charge is 2.44. The number of benzene rings is 1. The van der Waals surface area contributed by atoms with Gasteiger partial charge in [0.05, 0.1) is 19.4 Å². The van der Waals surface area contributed by atoms with Gasteiger partial charge in [-0.15, -0.1) is 0 Å². The Balaban J connectivity index is 1.20. The van der Waals surface area contributed by atoms with Crippen LogP contribution >= 0.6 is 0 Å². The molecule has 4 heterocycles. The van der Waals surface area contributed by atoms with E-state index in [2.05, 4.69) is 39.2 Å². The number of hydrogen-bond donors (Lipinski definition) is 0. The summed E-state index contributed by atoms with van der Waals surface area (Å²) in [7, 11) is 0. The Labute approximate surface area is 178 Å². The molecule has 2 aromatic rings. The van der Waals surface area contributed by atoms with Crippen LogP contribution in [0.2, 0.25) is 0 Å². The Morgan fingerprint density at radius 1 is 1.13 bits per heavy atom. The molecule has 3 saturated heterocycles. The third-order valence-corrected chi connectivity index (χ3v) is 6.83. The van der Waals surface area contributed by atoms with E-state index in [-0.39, 0.29) is 11.4 Å². The lowest BCUT2D eigenvalue weighted by Gasteiger charge is -2.29. The summed E-state index contributed by atoms with van der Waals surface area (Å²) < 4.78 is 6.97. The van der Waals surface area contributed by atoms with Crippen LogP contribution in [0.1, 0.15) is 24.0 Å². The zero-order chi connectivity index (χ0) is 20.6. The topological polar surface area (TPSA) is 53.8 Å². The van der Waals surface area contributed by atoms with E-state index in [0.717, 1.165) is 77.4 Å². The number of amides is 1. The molecule has 1 spiro atoms. The van der Waals surface area contributed by atoms with Crippen LogP contribution in [0.4, 0.5) is 10.5 Å². The summed E-state index contributed by atoms with van der Waals surface area (Å²) in [6.07, 6.45) is 5.81. The fraction of sp³-hybridized carbons (Fsp3) is 0.565. The average molecular weight is 410 g/mol. The first-order valence-corrected chi connectivity index (χ1v) is 11.0. The van der Waals surface area contributed by atoms with Crippen molar-refractivity contribution in [2.24, 2.45) is 5.41 Å². The number of aryl methyl sites for hydroxylation is 1. The quantitative estimate of drug-likeness (QED) is 0.780. The molecule has 0 N–H and O–H groups in total. The monoisotopic (exact) mass is 409 g/mol. The van der Waals surface area contributed by atoms with Gasteiger partial charge in [0, 0.05) is 56.6 Å². The molecule has 5 rings (SSSR count). The third kappa shape index (κ3) is 3.96. The Hall–Kier alpha value is -2.38. The van der Waals surface area contributed by atoms with Crippen molar-refractivity contribution in [3.05, 3.63) is 47.8 Å². The summed E-state index contributed by atoms with van der Waals surface area (Å²) >= 11 is 0. The van der Waals surface area contributed by atoms with Crippen LogP contribution in [0.5, 0.6) is 0 Å². The van der Waals surface area contributed by atoms with Crippen molar-refractivity contribution in [2.45, 2.75) is 26.3 Å². The zero-order valence-electron chi connectivity index (χ0n) is 17.8. The van der Waals surface area contributed by atoms with Crippen LogP contribution in [0, 0.1) is 12.3 Å². The molecule has 3 aliphatic rings. The van der Waals surface area contributed by atoms with Gasteiger partial charge in [0.15, 0.2) is 0 Å². The standard InChI is InChI=1S/C23H31N5O2/c1-19-14-24-28(15-19)22(29)27-8-6-23(18-27)5-7-25(17-23)16-20-3-2-4-21(13-20)26-9-11-30-12-10-26/h2-4,13-15H,5-12,16-18H2,1H3. The van der Waals surface area contributed by atoms with Crippen LogP contribution in [0.15, 0.2) is 36.7 Å². The SMILES string of the molecule is Cc1cnn(C(=O)N2CCC3(CCN(Cc4cccc(N5CCOCC5)c4)C3)C2)c1. The lowest BCUT2D eigenvalue weighted by atomic mass is 9.86.